The molecular formula is C18H23ClN4O2S. The monoisotopic (exact) mass is 394 g/mol. The van der Waals surface area contributed by atoms with E-state index in [1.54, 1.807) is 12.1 Å². The van der Waals surface area contributed by atoms with Crippen molar-refractivity contribution in [1.29, 1.82) is 0 Å². The molecule has 6 nitrogen and oxygen atoms in total. The van der Waals surface area contributed by atoms with Gasteiger partial charge in [-0.2, -0.15) is 0 Å². The third-order valence-corrected chi connectivity index (χ3v) is 4.70. The number of benzene rings is 1. The fraction of sp³-hybridized carbons (Fsp3) is 0.444. The Kier molecular flexibility index (Phi) is 7.23. The lowest BCUT2D eigenvalue weighted by atomic mass is 10.1. The molecule has 2 aromatic rings. The highest BCUT2D eigenvalue weighted by molar-refractivity contribution is 7.99. The Labute approximate surface area is 163 Å². The van der Waals surface area contributed by atoms with Crippen LogP contribution in [0, 0.1) is 22.0 Å². The van der Waals surface area contributed by atoms with E-state index in [9.17, 15) is 10.1 Å². The van der Waals surface area contributed by atoms with Crippen molar-refractivity contribution in [3.05, 3.63) is 45.7 Å². The van der Waals surface area contributed by atoms with Gasteiger partial charge in [0, 0.05) is 23.0 Å². The van der Waals surface area contributed by atoms with E-state index >= 15 is 0 Å². The number of anilines is 1. The van der Waals surface area contributed by atoms with Crippen molar-refractivity contribution >= 4 is 34.9 Å². The molecule has 0 aliphatic carbocycles. The minimum absolute atomic E-state index is 0.0475. The summed E-state index contributed by atoms with van der Waals surface area (Å²) in [6, 6.07) is 7.14. The van der Waals surface area contributed by atoms with Crippen LogP contribution in [-0.4, -0.2) is 28.0 Å². The van der Waals surface area contributed by atoms with E-state index in [0.29, 0.717) is 40.8 Å². The van der Waals surface area contributed by atoms with Crippen molar-refractivity contribution in [2.75, 3.05) is 18.0 Å². The molecule has 0 unspecified atom stereocenters. The first-order chi connectivity index (χ1) is 12.3. The first-order valence-corrected chi connectivity index (χ1v) is 9.65. The van der Waals surface area contributed by atoms with Gasteiger partial charge in [0.15, 0.2) is 5.03 Å². The van der Waals surface area contributed by atoms with E-state index in [4.69, 9.17) is 11.6 Å². The van der Waals surface area contributed by atoms with Crippen molar-refractivity contribution in [3.63, 3.8) is 0 Å². The lowest BCUT2D eigenvalue weighted by Crippen LogP contribution is -2.32. The lowest BCUT2D eigenvalue weighted by Gasteiger charge is -2.27. The Morgan fingerprint density at radius 2 is 1.69 bits per heavy atom. The van der Waals surface area contributed by atoms with Crippen molar-refractivity contribution < 1.29 is 4.92 Å². The largest absolute Gasteiger partial charge is 0.350 e. The summed E-state index contributed by atoms with van der Waals surface area (Å²) in [4.78, 5) is 22.7. The molecule has 0 saturated carbocycles. The van der Waals surface area contributed by atoms with Crippen LogP contribution in [0.2, 0.25) is 5.02 Å². The lowest BCUT2D eigenvalue weighted by molar-refractivity contribution is -0.387. The number of hydrogen-bond acceptors (Lipinski definition) is 6. The maximum absolute atomic E-state index is 11.8. The molecule has 0 aliphatic heterocycles. The molecule has 2 rings (SSSR count). The predicted octanol–water partition coefficient (Wildman–Crippen LogP) is 5.31. The molecule has 0 N–H and O–H groups in total. The van der Waals surface area contributed by atoms with Crippen LogP contribution in [0.3, 0.4) is 0 Å². The number of halogens is 1. The third-order valence-electron chi connectivity index (χ3n) is 3.45. The molecule has 1 heterocycles. The van der Waals surface area contributed by atoms with E-state index in [2.05, 4.69) is 37.7 Å². The van der Waals surface area contributed by atoms with Crippen molar-refractivity contribution in [1.82, 2.24) is 9.97 Å². The van der Waals surface area contributed by atoms with Crippen molar-refractivity contribution in [2.45, 2.75) is 37.6 Å². The summed E-state index contributed by atoms with van der Waals surface area (Å²) in [5.41, 5.74) is -0.0475. The van der Waals surface area contributed by atoms with Gasteiger partial charge >= 0.3 is 5.69 Å². The Hall–Kier alpha value is -1.86. The highest BCUT2D eigenvalue weighted by Crippen LogP contribution is 2.38. The molecule has 0 bridgehead atoms. The normalized spacial score (nSPS) is 11.2. The zero-order valence-corrected chi connectivity index (χ0v) is 16.9. The quantitative estimate of drug-likeness (QED) is 0.343. The molecule has 0 radical (unpaired) electrons. The van der Waals surface area contributed by atoms with Crippen LogP contribution in [0.5, 0.6) is 0 Å². The summed E-state index contributed by atoms with van der Waals surface area (Å²) in [5.74, 6) is 1.09. The zero-order chi connectivity index (χ0) is 19.3. The molecule has 140 valence electrons. The van der Waals surface area contributed by atoms with E-state index in [1.165, 1.54) is 18.1 Å². The van der Waals surface area contributed by atoms with Crippen LogP contribution >= 0.6 is 23.4 Å². The Morgan fingerprint density at radius 3 is 2.19 bits per heavy atom. The van der Waals surface area contributed by atoms with Gasteiger partial charge in [0.2, 0.25) is 5.82 Å². The summed E-state index contributed by atoms with van der Waals surface area (Å²) < 4.78 is 0. The first-order valence-electron chi connectivity index (χ1n) is 8.45. The molecule has 1 aromatic carbocycles. The SMILES string of the molecule is CC(C)CN(CC(C)C)c1ncnc(Sc2ccc(Cl)cc2)c1[N+](=O)[O-]. The van der Waals surface area contributed by atoms with Crippen molar-refractivity contribution in [2.24, 2.45) is 11.8 Å². The first kappa shape index (κ1) is 20.5. The summed E-state index contributed by atoms with van der Waals surface area (Å²) in [7, 11) is 0. The second-order valence-electron chi connectivity index (χ2n) is 6.86. The molecule has 8 heteroatoms. The maximum Gasteiger partial charge on any atom is 0.343 e. The Morgan fingerprint density at radius 1 is 1.12 bits per heavy atom. The zero-order valence-electron chi connectivity index (χ0n) is 15.3. The van der Waals surface area contributed by atoms with Gasteiger partial charge in [-0.1, -0.05) is 51.1 Å². The summed E-state index contributed by atoms with van der Waals surface area (Å²) >= 11 is 7.15. The molecule has 1 aromatic heterocycles. The van der Waals surface area contributed by atoms with Gasteiger partial charge in [0.05, 0.1) is 4.92 Å². The van der Waals surface area contributed by atoms with E-state index in [-0.39, 0.29) is 10.6 Å². The molecule has 26 heavy (non-hydrogen) atoms. The fourth-order valence-corrected chi connectivity index (χ4v) is 3.55. The molecule has 0 atom stereocenters. The molecular weight excluding hydrogens is 372 g/mol. The van der Waals surface area contributed by atoms with Crippen LogP contribution in [-0.2, 0) is 0 Å². The highest BCUT2D eigenvalue weighted by Gasteiger charge is 2.28. The Bertz CT molecular complexity index is 743. The number of hydrogen-bond donors (Lipinski definition) is 0. The van der Waals surface area contributed by atoms with Gasteiger partial charge in [-0.05, 0) is 36.1 Å². The molecule has 0 spiro atoms. The van der Waals surface area contributed by atoms with E-state index in [0.717, 1.165) is 4.90 Å². The maximum atomic E-state index is 11.8. The minimum atomic E-state index is -0.388. The van der Waals surface area contributed by atoms with Gasteiger partial charge in [-0.25, -0.2) is 9.97 Å². The summed E-state index contributed by atoms with van der Waals surface area (Å²) in [6.45, 7) is 9.74. The van der Waals surface area contributed by atoms with E-state index < -0.39 is 0 Å². The highest BCUT2D eigenvalue weighted by atomic mass is 35.5. The van der Waals surface area contributed by atoms with E-state index in [1.807, 2.05) is 17.0 Å². The van der Waals surface area contributed by atoms with Crippen LogP contribution in [0.4, 0.5) is 11.5 Å². The molecule has 0 fully saturated rings. The number of nitro groups is 1. The standard InChI is InChI=1S/C18H23ClN4O2S/c1-12(2)9-22(10-13(3)4)17-16(23(24)25)18(21-11-20-17)26-15-7-5-14(19)6-8-15/h5-8,11-13H,9-10H2,1-4H3. The number of aromatic nitrogens is 2. The summed E-state index contributed by atoms with van der Waals surface area (Å²) in [6.07, 6.45) is 1.40. The smallest absolute Gasteiger partial charge is 0.343 e. The molecule has 0 saturated heterocycles. The number of nitrogens with zero attached hydrogens (tertiary/aromatic N) is 4. The molecule has 0 amide bonds. The van der Waals surface area contributed by atoms with Crippen LogP contribution in [0.15, 0.2) is 40.5 Å². The summed E-state index contributed by atoms with van der Waals surface area (Å²) in [5, 5.41) is 12.8. The fourth-order valence-electron chi connectivity index (χ4n) is 2.56. The Balaban J connectivity index is 2.45. The van der Waals surface area contributed by atoms with Crippen LogP contribution < -0.4 is 4.90 Å². The third kappa shape index (κ3) is 5.57. The predicted molar refractivity (Wildman–Crippen MR) is 106 cm³/mol. The van der Waals surface area contributed by atoms with Gasteiger partial charge in [-0.3, -0.25) is 10.1 Å². The van der Waals surface area contributed by atoms with Crippen LogP contribution in [0.1, 0.15) is 27.7 Å². The topological polar surface area (TPSA) is 72.2 Å². The average Bonchev–Trinajstić information content (AvgIpc) is 2.55. The number of rotatable bonds is 8. The average molecular weight is 395 g/mol. The van der Waals surface area contributed by atoms with Crippen molar-refractivity contribution in [3.8, 4) is 0 Å². The van der Waals surface area contributed by atoms with Gasteiger partial charge in [0.25, 0.3) is 0 Å². The molecule has 0 aliphatic rings. The van der Waals surface area contributed by atoms with Gasteiger partial charge in [-0.15, -0.1) is 0 Å². The second kappa shape index (κ2) is 9.19. The van der Waals surface area contributed by atoms with Gasteiger partial charge < -0.3 is 4.90 Å². The van der Waals surface area contributed by atoms with Crippen LogP contribution in [0.25, 0.3) is 0 Å². The van der Waals surface area contributed by atoms with Gasteiger partial charge in [0.1, 0.15) is 6.33 Å². The minimum Gasteiger partial charge on any atom is -0.350 e. The second-order valence-corrected chi connectivity index (χ2v) is 8.36.